The van der Waals surface area contributed by atoms with Gasteiger partial charge in [-0.3, -0.25) is 4.79 Å². The van der Waals surface area contributed by atoms with Crippen LogP contribution in [0.1, 0.15) is 6.42 Å². The Kier molecular flexibility index (Phi) is 3.69. The van der Waals surface area contributed by atoms with Crippen LogP contribution < -0.4 is 11.5 Å². The summed E-state index contributed by atoms with van der Waals surface area (Å²) in [5.74, 6) is -3.29. The number of rotatable bonds is 3. The van der Waals surface area contributed by atoms with Crippen molar-refractivity contribution in [1.82, 2.24) is 0 Å². The van der Waals surface area contributed by atoms with Crippen LogP contribution in [0.5, 0.6) is 0 Å². The van der Waals surface area contributed by atoms with Gasteiger partial charge in [-0.25, -0.2) is 0 Å². The summed E-state index contributed by atoms with van der Waals surface area (Å²) in [6.45, 7) is 0. The van der Waals surface area contributed by atoms with E-state index >= 15 is 0 Å². The number of amides is 1. The first-order chi connectivity index (χ1) is 5.79. The highest BCUT2D eigenvalue weighted by molar-refractivity contribution is 5.79. The molecular formula is C6H8F3N3O. The monoisotopic (exact) mass is 195 g/mol. The summed E-state index contributed by atoms with van der Waals surface area (Å²) in [6.07, 6.45) is -5.46. The largest absolute Gasteiger partial charge is 0.404 e. The number of nitriles is 1. The van der Waals surface area contributed by atoms with Crippen molar-refractivity contribution in [2.24, 2.45) is 17.4 Å². The lowest BCUT2D eigenvalue weighted by atomic mass is 10.0. The summed E-state index contributed by atoms with van der Waals surface area (Å²) in [7, 11) is 0. The van der Waals surface area contributed by atoms with Crippen molar-refractivity contribution in [3.05, 3.63) is 0 Å². The Morgan fingerprint density at radius 2 is 2.00 bits per heavy atom. The molecule has 0 saturated carbocycles. The molecule has 0 aliphatic carbocycles. The highest BCUT2D eigenvalue weighted by atomic mass is 19.4. The van der Waals surface area contributed by atoms with Crippen LogP contribution in [-0.2, 0) is 4.79 Å². The van der Waals surface area contributed by atoms with Crippen LogP contribution in [0.3, 0.4) is 0 Å². The van der Waals surface area contributed by atoms with Gasteiger partial charge in [-0.15, -0.1) is 0 Å². The molecule has 13 heavy (non-hydrogen) atoms. The Hall–Kier alpha value is -1.29. The molecule has 0 aliphatic heterocycles. The first kappa shape index (κ1) is 11.7. The molecule has 0 bridgehead atoms. The molecular weight excluding hydrogens is 187 g/mol. The van der Waals surface area contributed by atoms with Crippen LogP contribution in [-0.4, -0.2) is 18.1 Å². The van der Waals surface area contributed by atoms with Gasteiger partial charge in [0.1, 0.15) is 5.92 Å². The van der Waals surface area contributed by atoms with Gasteiger partial charge >= 0.3 is 6.18 Å². The second kappa shape index (κ2) is 4.09. The van der Waals surface area contributed by atoms with E-state index in [1.165, 1.54) is 0 Å². The van der Waals surface area contributed by atoms with Crippen molar-refractivity contribution in [2.75, 3.05) is 0 Å². The SMILES string of the molecule is N#CC(CC(N)C(N)=O)C(F)(F)F. The number of carbonyl (C=O) groups excluding carboxylic acids is 1. The summed E-state index contributed by atoms with van der Waals surface area (Å²) in [5.41, 5.74) is 9.61. The van der Waals surface area contributed by atoms with E-state index in [0.717, 1.165) is 6.07 Å². The van der Waals surface area contributed by atoms with Gasteiger partial charge in [0.25, 0.3) is 0 Å². The van der Waals surface area contributed by atoms with E-state index in [1.807, 2.05) is 0 Å². The third-order valence-corrected chi connectivity index (χ3v) is 1.41. The fourth-order valence-corrected chi connectivity index (χ4v) is 0.630. The number of nitrogens with two attached hydrogens (primary N) is 2. The smallest absolute Gasteiger partial charge is 0.368 e. The molecule has 1 amide bonds. The van der Waals surface area contributed by atoms with Gasteiger partial charge in [0.2, 0.25) is 5.91 Å². The molecule has 4 N–H and O–H groups in total. The number of nitrogens with zero attached hydrogens (tertiary/aromatic N) is 1. The number of hydrogen-bond donors (Lipinski definition) is 2. The van der Waals surface area contributed by atoms with Gasteiger partial charge in [-0.05, 0) is 6.42 Å². The second-order valence-corrected chi connectivity index (χ2v) is 2.47. The van der Waals surface area contributed by atoms with Gasteiger partial charge in [0.05, 0.1) is 12.1 Å². The van der Waals surface area contributed by atoms with Crippen molar-refractivity contribution in [2.45, 2.75) is 18.6 Å². The summed E-state index contributed by atoms with van der Waals surface area (Å²) in [5, 5.41) is 8.11. The molecule has 0 fully saturated rings. The van der Waals surface area contributed by atoms with Crippen LogP contribution in [0, 0.1) is 17.2 Å². The fraction of sp³-hybridized carbons (Fsp3) is 0.667. The molecule has 0 aliphatic rings. The van der Waals surface area contributed by atoms with E-state index in [1.54, 1.807) is 0 Å². The number of carbonyl (C=O) groups is 1. The molecule has 0 spiro atoms. The van der Waals surface area contributed by atoms with Gasteiger partial charge < -0.3 is 11.5 Å². The molecule has 4 nitrogen and oxygen atoms in total. The van der Waals surface area contributed by atoms with Gasteiger partial charge in [0.15, 0.2) is 0 Å². The van der Waals surface area contributed by atoms with E-state index in [9.17, 15) is 18.0 Å². The highest BCUT2D eigenvalue weighted by Gasteiger charge is 2.41. The van der Waals surface area contributed by atoms with Crippen LogP contribution >= 0.6 is 0 Å². The summed E-state index contributed by atoms with van der Waals surface area (Å²) in [6, 6.07) is -0.424. The number of primary amides is 1. The normalized spacial score (nSPS) is 15.9. The molecule has 0 rings (SSSR count). The first-order valence-corrected chi connectivity index (χ1v) is 3.30. The Labute approximate surface area is 72.3 Å². The topological polar surface area (TPSA) is 92.9 Å². The van der Waals surface area contributed by atoms with Crippen LogP contribution in [0.4, 0.5) is 13.2 Å². The van der Waals surface area contributed by atoms with Gasteiger partial charge in [0, 0.05) is 0 Å². The zero-order chi connectivity index (χ0) is 10.6. The van der Waals surface area contributed by atoms with Crippen molar-refractivity contribution in [3.8, 4) is 6.07 Å². The lowest BCUT2D eigenvalue weighted by Gasteiger charge is -2.15. The molecule has 0 aromatic heterocycles. The Morgan fingerprint density at radius 1 is 1.54 bits per heavy atom. The second-order valence-electron chi connectivity index (χ2n) is 2.47. The minimum absolute atomic E-state index is 0.796. The third kappa shape index (κ3) is 3.75. The molecule has 0 aromatic carbocycles. The number of halogens is 3. The summed E-state index contributed by atoms with van der Waals surface area (Å²) < 4.78 is 35.7. The third-order valence-electron chi connectivity index (χ3n) is 1.41. The predicted octanol–water partition coefficient (Wildman–Crippen LogP) is -0.109. The lowest BCUT2D eigenvalue weighted by Crippen LogP contribution is -2.40. The highest BCUT2D eigenvalue weighted by Crippen LogP contribution is 2.28. The molecule has 2 atom stereocenters. The van der Waals surface area contributed by atoms with Crippen LogP contribution in [0.25, 0.3) is 0 Å². The van der Waals surface area contributed by atoms with E-state index in [-0.39, 0.29) is 0 Å². The van der Waals surface area contributed by atoms with Crippen molar-refractivity contribution < 1.29 is 18.0 Å². The van der Waals surface area contributed by atoms with Crippen LogP contribution in [0.15, 0.2) is 0 Å². The average molecular weight is 195 g/mol. The maximum absolute atomic E-state index is 11.9. The molecule has 74 valence electrons. The average Bonchev–Trinajstić information content (AvgIpc) is 1.96. The minimum Gasteiger partial charge on any atom is -0.368 e. The van der Waals surface area contributed by atoms with Crippen molar-refractivity contribution in [1.29, 1.82) is 5.26 Å². The lowest BCUT2D eigenvalue weighted by molar-refractivity contribution is -0.161. The molecule has 2 unspecified atom stereocenters. The minimum atomic E-state index is -4.66. The first-order valence-electron chi connectivity index (χ1n) is 3.30. The predicted molar refractivity (Wildman–Crippen MR) is 36.9 cm³/mol. The van der Waals surface area contributed by atoms with Crippen molar-refractivity contribution in [3.63, 3.8) is 0 Å². The van der Waals surface area contributed by atoms with E-state index in [2.05, 4.69) is 5.73 Å². The molecule has 0 radical (unpaired) electrons. The van der Waals surface area contributed by atoms with Gasteiger partial charge in [-0.1, -0.05) is 0 Å². The maximum Gasteiger partial charge on any atom is 0.404 e. The number of hydrogen-bond acceptors (Lipinski definition) is 3. The summed E-state index contributed by atoms with van der Waals surface area (Å²) >= 11 is 0. The van der Waals surface area contributed by atoms with E-state index in [0.29, 0.717) is 0 Å². The fourth-order valence-electron chi connectivity index (χ4n) is 0.630. The van der Waals surface area contributed by atoms with Crippen molar-refractivity contribution >= 4 is 5.91 Å². The van der Waals surface area contributed by atoms with E-state index in [4.69, 9.17) is 11.0 Å². The zero-order valence-electron chi connectivity index (χ0n) is 6.51. The maximum atomic E-state index is 11.9. The Morgan fingerprint density at radius 3 is 2.23 bits per heavy atom. The zero-order valence-corrected chi connectivity index (χ0v) is 6.51. The number of alkyl halides is 3. The Balaban J connectivity index is 4.33. The Bertz CT molecular complexity index is 232. The molecule has 0 aromatic rings. The molecule has 7 heteroatoms. The van der Waals surface area contributed by atoms with E-state index < -0.39 is 30.5 Å². The van der Waals surface area contributed by atoms with Gasteiger partial charge in [-0.2, -0.15) is 18.4 Å². The summed E-state index contributed by atoms with van der Waals surface area (Å²) in [4.78, 5) is 10.3. The van der Waals surface area contributed by atoms with Crippen LogP contribution in [0.2, 0.25) is 0 Å². The molecule has 0 saturated heterocycles. The standard InChI is InChI=1S/C6H8F3N3O/c7-6(8,9)3(2-10)1-4(11)5(12)13/h3-4H,1,11H2,(H2,12,13). The molecule has 0 heterocycles. The quantitative estimate of drug-likeness (QED) is 0.658.